The number of benzene rings is 1. The summed E-state index contributed by atoms with van der Waals surface area (Å²) in [6, 6.07) is 10.7. The van der Waals surface area contributed by atoms with E-state index in [1.807, 2.05) is 11.4 Å². The van der Waals surface area contributed by atoms with E-state index in [9.17, 15) is 0 Å². The van der Waals surface area contributed by atoms with E-state index in [0.717, 1.165) is 66.7 Å². The van der Waals surface area contributed by atoms with Crippen LogP contribution in [-0.2, 0) is 0 Å². The zero-order chi connectivity index (χ0) is 19.0. The minimum Gasteiger partial charge on any atom is -0.395 e. The highest BCUT2D eigenvalue weighted by molar-refractivity contribution is 5.81. The highest BCUT2D eigenvalue weighted by Gasteiger charge is 2.22. The molecule has 6 heteroatoms. The molecular formula is C21H27N5O. The molecule has 0 saturated carbocycles. The summed E-state index contributed by atoms with van der Waals surface area (Å²) in [5.41, 5.74) is 6.44. The van der Waals surface area contributed by atoms with Gasteiger partial charge in [-0.25, -0.2) is 4.98 Å². The van der Waals surface area contributed by atoms with Crippen LogP contribution in [0.15, 0.2) is 30.3 Å². The first-order chi connectivity index (χ1) is 13.1. The number of nitrogens with zero attached hydrogens (tertiary/aromatic N) is 5. The Kier molecular flexibility index (Phi) is 4.85. The lowest BCUT2D eigenvalue weighted by Crippen LogP contribution is -2.47. The number of aromatic nitrogens is 3. The molecule has 27 heavy (non-hydrogen) atoms. The van der Waals surface area contributed by atoms with Crippen molar-refractivity contribution in [2.24, 2.45) is 0 Å². The molecule has 1 fully saturated rings. The van der Waals surface area contributed by atoms with Gasteiger partial charge in [-0.3, -0.25) is 4.90 Å². The average molecular weight is 365 g/mol. The van der Waals surface area contributed by atoms with Crippen LogP contribution in [0.5, 0.6) is 0 Å². The van der Waals surface area contributed by atoms with E-state index in [2.05, 4.69) is 54.0 Å². The first-order valence-electron chi connectivity index (χ1n) is 9.59. The third kappa shape index (κ3) is 3.42. The van der Waals surface area contributed by atoms with Crippen LogP contribution in [0.3, 0.4) is 0 Å². The number of aliphatic hydroxyl groups excluding tert-OH is 1. The fourth-order valence-electron chi connectivity index (χ4n) is 3.85. The van der Waals surface area contributed by atoms with Gasteiger partial charge in [-0.2, -0.15) is 9.61 Å². The number of hydrogen-bond donors (Lipinski definition) is 1. The normalized spacial score (nSPS) is 15.6. The van der Waals surface area contributed by atoms with Gasteiger partial charge < -0.3 is 10.0 Å². The van der Waals surface area contributed by atoms with Gasteiger partial charge in [0, 0.05) is 50.0 Å². The van der Waals surface area contributed by atoms with Gasteiger partial charge in [-0.15, -0.1) is 0 Å². The average Bonchev–Trinajstić information content (AvgIpc) is 2.98. The Morgan fingerprint density at radius 2 is 1.70 bits per heavy atom. The van der Waals surface area contributed by atoms with E-state index < -0.39 is 0 Å². The molecule has 1 saturated heterocycles. The van der Waals surface area contributed by atoms with Crippen LogP contribution in [-0.4, -0.2) is 63.9 Å². The van der Waals surface area contributed by atoms with Gasteiger partial charge in [-0.05, 0) is 26.3 Å². The summed E-state index contributed by atoms with van der Waals surface area (Å²) >= 11 is 0. The molecule has 0 bridgehead atoms. The van der Waals surface area contributed by atoms with E-state index in [-0.39, 0.29) is 6.61 Å². The van der Waals surface area contributed by atoms with Gasteiger partial charge in [0.15, 0.2) is 5.65 Å². The predicted octanol–water partition coefficient (Wildman–Crippen LogP) is 2.44. The van der Waals surface area contributed by atoms with E-state index in [4.69, 9.17) is 15.2 Å². The van der Waals surface area contributed by atoms with Crippen LogP contribution in [0.4, 0.5) is 5.82 Å². The molecule has 3 aromatic rings. The first-order valence-corrected chi connectivity index (χ1v) is 9.59. The molecule has 1 N–H and O–H groups in total. The number of anilines is 1. The third-order valence-electron chi connectivity index (χ3n) is 5.33. The second-order valence-corrected chi connectivity index (χ2v) is 7.37. The molecule has 0 unspecified atom stereocenters. The second-order valence-electron chi connectivity index (χ2n) is 7.37. The van der Waals surface area contributed by atoms with Crippen molar-refractivity contribution in [1.29, 1.82) is 0 Å². The molecule has 0 atom stereocenters. The Morgan fingerprint density at radius 3 is 2.37 bits per heavy atom. The summed E-state index contributed by atoms with van der Waals surface area (Å²) in [4.78, 5) is 9.50. The van der Waals surface area contributed by atoms with Crippen LogP contribution in [0.2, 0.25) is 0 Å². The van der Waals surface area contributed by atoms with Crippen molar-refractivity contribution in [3.05, 3.63) is 47.3 Å². The van der Waals surface area contributed by atoms with Crippen molar-refractivity contribution in [1.82, 2.24) is 19.5 Å². The van der Waals surface area contributed by atoms with Gasteiger partial charge in [0.1, 0.15) is 5.82 Å². The molecule has 4 rings (SSSR count). The number of β-amino-alcohol motifs (C(OH)–C–C–N with tert-alkyl or cyclic N) is 1. The third-order valence-corrected chi connectivity index (χ3v) is 5.33. The fraction of sp³-hybridized carbons (Fsp3) is 0.429. The number of rotatable bonds is 4. The van der Waals surface area contributed by atoms with E-state index in [1.165, 1.54) is 5.56 Å². The van der Waals surface area contributed by atoms with Crippen LogP contribution in [0.1, 0.15) is 17.0 Å². The van der Waals surface area contributed by atoms with Crippen molar-refractivity contribution in [2.45, 2.75) is 20.8 Å². The van der Waals surface area contributed by atoms with E-state index in [1.54, 1.807) is 0 Å². The largest absolute Gasteiger partial charge is 0.395 e. The maximum Gasteiger partial charge on any atom is 0.165 e. The molecule has 0 amide bonds. The Morgan fingerprint density at radius 1 is 1.00 bits per heavy atom. The molecule has 1 aromatic carbocycles. The number of aliphatic hydroxyl groups is 1. The molecule has 2 aromatic heterocycles. The van der Waals surface area contributed by atoms with Gasteiger partial charge >= 0.3 is 0 Å². The summed E-state index contributed by atoms with van der Waals surface area (Å²) < 4.78 is 2.00. The van der Waals surface area contributed by atoms with Crippen molar-refractivity contribution >= 4 is 11.5 Å². The Hall–Kier alpha value is -2.44. The second kappa shape index (κ2) is 7.29. The Labute approximate surface area is 160 Å². The summed E-state index contributed by atoms with van der Waals surface area (Å²) in [6.45, 7) is 10.9. The topological polar surface area (TPSA) is 56.9 Å². The lowest BCUT2D eigenvalue weighted by atomic mass is 10.0. The Bertz CT molecular complexity index is 939. The van der Waals surface area contributed by atoms with Gasteiger partial charge in [0.2, 0.25) is 0 Å². The van der Waals surface area contributed by atoms with Gasteiger partial charge in [0.05, 0.1) is 12.3 Å². The monoisotopic (exact) mass is 365 g/mol. The fourth-order valence-corrected chi connectivity index (χ4v) is 3.85. The SMILES string of the molecule is Cc1ccc(-c2c(C)nn3c(N4CCN(CCO)CC4)cc(C)nc23)cc1. The lowest BCUT2D eigenvalue weighted by Gasteiger charge is -2.35. The van der Waals surface area contributed by atoms with E-state index in [0.29, 0.717) is 0 Å². The molecule has 0 radical (unpaired) electrons. The van der Waals surface area contributed by atoms with Crippen LogP contribution < -0.4 is 4.90 Å². The molecule has 0 spiro atoms. The lowest BCUT2D eigenvalue weighted by molar-refractivity contribution is 0.188. The minimum absolute atomic E-state index is 0.219. The Balaban J connectivity index is 1.75. The molecule has 0 aliphatic carbocycles. The van der Waals surface area contributed by atoms with E-state index >= 15 is 0 Å². The number of hydrogen-bond acceptors (Lipinski definition) is 5. The number of fused-ring (bicyclic) bond motifs is 1. The zero-order valence-corrected chi connectivity index (χ0v) is 16.3. The highest BCUT2D eigenvalue weighted by Crippen LogP contribution is 2.30. The van der Waals surface area contributed by atoms with Crippen LogP contribution in [0, 0.1) is 20.8 Å². The summed E-state index contributed by atoms with van der Waals surface area (Å²) in [5.74, 6) is 1.10. The molecule has 142 valence electrons. The molecule has 1 aliphatic heterocycles. The summed E-state index contributed by atoms with van der Waals surface area (Å²) in [6.07, 6.45) is 0. The van der Waals surface area contributed by atoms with Gasteiger partial charge in [-0.1, -0.05) is 29.8 Å². The smallest absolute Gasteiger partial charge is 0.165 e. The van der Waals surface area contributed by atoms with Gasteiger partial charge in [0.25, 0.3) is 0 Å². The summed E-state index contributed by atoms with van der Waals surface area (Å²) in [5, 5.41) is 14.0. The van der Waals surface area contributed by atoms with Crippen LogP contribution >= 0.6 is 0 Å². The van der Waals surface area contributed by atoms with Crippen molar-refractivity contribution in [3.8, 4) is 11.1 Å². The predicted molar refractivity (Wildman–Crippen MR) is 108 cm³/mol. The van der Waals surface area contributed by atoms with Crippen LogP contribution in [0.25, 0.3) is 16.8 Å². The highest BCUT2D eigenvalue weighted by atomic mass is 16.3. The maximum atomic E-state index is 9.16. The first kappa shape index (κ1) is 17.9. The standard InChI is InChI=1S/C21H27N5O/c1-15-4-6-18(7-5-15)20-17(3)23-26-19(14-16(2)22-21(20)26)25-10-8-24(9-11-25)12-13-27/h4-7,14,27H,8-13H2,1-3H3. The van der Waals surface area contributed by atoms with Crippen molar-refractivity contribution in [3.63, 3.8) is 0 Å². The minimum atomic E-state index is 0.219. The quantitative estimate of drug-likeness (QED) is 0.770. The molecule has 1 aliphatic rings. The number of piperazine rings is 1. The zero-order valence-electron chi connectivity index (χ0n) is 16.3. The molecular weight excluding hydrogens is 338 g/mol. The molecule has 6 nitrogen and oxygen atoms in total. The maximum absolute atomic E-state index is 9.16. The van der Waals surface area contributed by atoms with Crippen molar-refractivity contribution in [2.75, 3.05) is 44.2 Å². The molecule has 3 heterocycles. The van der Waals surface area contributed by atoms with Crippen molar-refractivity contribution < 1.29 is 5.11 Å². The summed E-state index contributed by atoms with van der Waals surface area (Å²) in [7, 11) is 0. The number of aryl methyl sites for hydroxylation is 3.